The number of ether oxygens (including phenoxy) is 2. The van der Waals surface area contributed by atoms with E-state index in [2.05, 4.69) is 17.6 Å². The third kappa shape index (κ3) is 6.68. The summed E-state index contributed by atoms with van der Waals surface area (Å²) in [5, 5.41) is 5.03. The van der Waals surface area contributed by atoms with E-state index in [-0.39, 0.29) is 47.1 Å². The Morgan fingerprint density at radius 1 is 0.860 bits per heavy atom. The van der Waals surface area contributed by atoms with Gasteiger partial charge in [0, 0.05) is 17.8 Å². The van der Waals surface area contributed by atoms with Crippen LogP contribution in [0.3, 0.4) is 0 Å². The van der Waals surface area contributed by atoms with Crippen LogP contribution in [0.5, 0.6) is 11.5 Å². The monoisotopic (exact) mass is 638 g/mol. The quantitative estimate of drug-likeness (QED) is 0.285. The molecule has 3 aliphatic carbocycles. The second-order valence-electron chi connectivity index (χ2n) is 11.9. The molecule has 0 radical (unpaired) electrons. The number of carbonyl (C=O) groups is 2. The van der Waals surface area contributed by atoms with Gasteiger partial charge in [-0.25, -0.2) is 8.78 Å². The predicted molar refractivity (Wildman–Crippen MR) is 147 cm³/mol. The van der Waals surface area contributed by atoms with Crippen molar-refractivity contribution in [3.63, 3.8) is 0 Å². The minimum absolute atomic E-state index is 0.0240. The molecule has 14 heteroatoms. The van der Waals surface area contributed by atoms with E-state index >= 15 is 0 Å². The molecule has 2 bridgehead atoms. The Hall–Kier alpha value is -3.16. The number of hydrogen-bond acceptors (Lipinski definition) is 4. The van der Waals surface area contributed by atoms with Crippen LogP contribution in [-0.4, -0.2) is 31.1 Å². The summed E-state index contributed by atoms with van der Waals surface area (Å²) in [6.07, 6.45) is 5.00. The van der Waals surface area contributed by atoms with Gasteiger partial charge in [-0.1, -0.05) is 26.4 Å². The summed E-state index contributed by atoms with van der Waals surface area (Å²) in [5.74, 6) is -5.20. The number of carbonyl (C=O) groups excluding carboxylic acids is 2. The fourth-order valence-electron chi connectivity index (χ4n) is 6.71. The molecular formula is C29H33F7N2O4S. The van der Waals surface area contributed by atoms with Gasteiger partial charge in [0.15, 0.2) is 11.6 Å². The fourth-order valence-corrected chi connectivity index (χ4v) is 7.49. The van der Waals surface area contributed by atoms with Crippen LogP contribution in [0.15, 0.2) is 35.2 Å². The molecule has 43 heavy (non-hydrogen) atoms. The molecule has 2 N–H and O–H groups in total. The second kappa shape index (κ2) is 10.5. The summed E-state index contributed by atoms with van der Waals surface area (Å²) < 4.78 is 106. The average Bonchev–Trinajstić information content (AvgIpc) is 3.52. The van der Waals surface area contributed by atoms with E-state index in [1.807, 2.05) is 0 Å². The number of hydrogen-bond donors (Lipinski definition) is 2. The fraction of sp³-hybridized carbons (Fsp3) is 0.517. The zero-order chi connectivity index (χ0) is 31.4. The Bertz CT molecular complexity index is 1430. The second-order valence-corrected chi connectivity index (χ2v) is 14.3. The van der Waals surface area contributed by atoms with Gasteiger partial charge in [0.1, 0.15) is 16.5 Å². The summed E-state index contributed by atoms with van der Waals surface area (Å²) >= 11 is 0. The molecule has 6 nitrogen and oxygen atoms in total. The summed E-state index contributed by atoms with van der Waals surface area (Å²) in [5.41, 5.74) is -0.675. The van der Waals surface area contributed by atoms with E-state index < -0.39 is 56.2 Å². The van der Waals surface area contributed by atoms with Crippen LogP contribution >= 0.6 is 10.2 Å². The van der Waals surface area contributed by atoms with E-state index in [1.165, 1.54) is 13.2 Å². The lowest BCUT2D eigenvalue weighted by Gasteiger charge is -2.40. The van der Waals surface area contributed by atoms with Crippen LogP contribution < -0.4 is 20.1 Å². The summed E-state index contributed by atoms with van der Waals surface area (Å²) in [4.78, 5) is 24.1. The van der Waals surface area contributed by atoms with E-state index in [9.17, 15) is 37.8 Å². The summed E-state index contributed by atoms with van der Waals surface area (Å²) in [7, 11) is -9.10. The van der Waals surface area contributed by atoms with Crippen molar-refractivity contribution >= 4 is 27.7 Å². The third-order valence-corrected chi connectivity index (χ3v) is 10.0. The zero-order valence-electron chi connectivity index (χ0n) is 23.5. The number of halogens is 7. The normalized spacial score (nSPS) is 28.5. The summed E-state index contributed by atoms with van der Waals surface area (Å²) in [6, 6.07) is 2.42. The molecule has 3 aliphatic rings. The lowest BCUT2D eigenvalue weighted by molar-refractivity contribution is -0.122. The molecule has 0 aliphatic heterocycles. The minimum atomic E-state index is -10.4. The number of benzene rings is 2. The van der Waals surface area contributed by atoms with Crippen LogP contribution in [0.4, 0.5) is 33.9 Å². The maximum Gasteiger partial charge on any atom is 0.313 e. The number of methoxy groups -OCH3 is 1. The van der Waals surface area contributed by atoms with E-state index in [1.54, 1.807) is 0 Å². The smallest absolute Gasteiger partial charge is 0.313 e. The molecule has 0 aromatic heterocycles. The number of fused-ring (bicyclic) bond motifs is 2. The first kappa shape index (κ1) is 31.3. The molecule has 0 spiro atoms. The highest BCUT2D eigenvalue weighted by molar-refractivity contribution is 8.45. The molecule has 2 amide bonds. The number of nitrogens with one attached hydrogen (secondary N) is 2. The number of anilines is 1. The number of rotatable bonds is 8. The van der Waals surface area contributed by atoms with Crippen molar-refractivity contribution in [1.29, 1.82) is 0 Å². The molecule has 238 valence electrons. The standard InChI is InChI=1S/C29H33F7N2O4S/c1-15-3-8-19(9-4-15)42-24-13-20(23(41-2)14-22(24)31)28(39)38-27-17-6-5-16(11-17)26(27)29(40)37-18-7-10-21(30)25(12-18)43(32,33,34,35)36/h7,10,12-17,19,26-27H,3-6,8-9,11H2,1-2H3,(H,37,40)(H,38,39)/t15-,16-,17+,19-,26+,27-/m1/s1. The molecule has 0 saturated heterocycles. The van der Waals surface area contributed by atoms with Crippen LogP contribution in [-0.2, 0) is 4.79 Å². The lowest BCUT2D eigenvalue weighted by Crippen LogP contribution is -2.48. The first-order chi connectivity index (χ1) is 19.9. The zero-order valence-corrected chi connectivity index (χ0v) is 24.3. The highest BCUT2D eigenvalue weighted by atomic mass is 32.5. The Morgan fingerprint density at radius 2 is 1.53 bits per heavy atom. The lowest BCUT2D eigenvalue weighted by atomic mass is 9.83. The largest absolute Gasteiger partial charge is 0.496 e. The average molecular weight is 639 g/mol. The molecule has 3 fully saturated rings. The molecule has 5 rings (SSSR count). The van der Waals surface area contributed by atoms with Crippen molar-refractivity contribution in [2.75, 3.05) is 12.4 Å². The van der Waals surface area contributed by atoms with Crippen molar-refractivity contribution in [3.8, 4) is 11.5 Å². The van der Waals surface area contributed by atoms with Crippen LogP contribution in [0, 0.1) is 35.3 Å². The number of amides is 2. The van der Waals surface area contributed by atoms with Gasteiger partial charge in [-0.2, -0.15) is 0 Å². The summed E-state index contributed by atoms with van der Waals surface area (Å²) in [6.45, 7) is 2.13. The molecule has 0 heterocycles. The molecular weight excluding hydrogens is 605 g/mol. The van der Waals surface area contributed by atoms with Gasteiger partial charge in [-0.15, -0.1) is 0 Å². The predicted octanol–water partition coefficient (Wildman–Crippen LogP) is 8.37. The van der Waals surface area contributed by atoms with Crippen molar-refractivity contribution in [2.24, 2.45) is 23.7 Å². The van der Waals surface area contributed by atoms with Crippen molar-refractivity contribution in [3.05, 3.63) is 47.5 Å². The SMILES string of the molecule is COc1cc(F)c(O[C@H]2CC[C@H](C)CC2)cc1C(=O)N[C@@H]1[C@H]2CC[C@H](C2)[C@@H]1C(=O)Nc1ccc(F)c(S(F)(F)(F)(F)F)c1. The van der Waals surface area contributed by atoms with Gasteiger partial charge in [0.25, 0.3) is 5.91 Å². The maximum absolute atomic E-state index is 14.9. The molecule has 3 saturated carbocycles. The van der Waals surface area contributed by atoms with Crippen LogP contribution in [0.25, 0.3) is 0 Å². The Kier molecular flexibility index (Phi) is 7.62. The minimum Gasteiger partial charge on any atom is -0.496 e. The molecule has 2 aromatic rings. The highest BCUT2D eigenvalue weighted by Crippen LogP contribution is 3.02. The molecule has 4 atom stereocenters. The third-order valence-electron chi connectivity index (χ3n) is 8.89. The van der Waals surface area contributed by atoms with Gasteiger partial charge < -0.3 is 20.1 Å². The van der Waals surface area contributed by atoms with Gasteiger partial charge in [0.2, 0.25) is 5.91 Å². The first-order valence-corrected chi connectivity index (χ1v) is 16.1. The Morgan fingerprint density at radius 3 is 2.19 bits per heavy atom. The molecule has 0 unspecified atom stereocenters. The Labute approximate surface area is 244 Å². The Balaban J connectivity index is 1.35. The highest BCUT2D eigenvalue weighted by Gasteiger charge is 2.67. The van der Waals surface area contributed by atoms with Gasteiger partial charge in [-0.3, -0.25) is 9.59 Å². The molecule has 2 aromatic carbocycles. The van der Waals surface area contributed by atoms with Crippen LogP contribution in [0.2, 0.25) is 0 Å². The van der Waals surface area contributed by atoms with E-state index in [4.69, 9.17) is 9.47 Å². The van der Waals surface area contributed by atoms with Crippen molar-refractivity contribution in [1.82, 2.24) is 5.32 Å². The van der Waals surface area contributed by atoms with Crippen LogP contribution in [0.1, 0.15) is 62.2 Å². The van der Waals surface area contributed by atoms with Gasteiger partial charge in [0.05, 0.1) is 24.7 Å². The first-order valence-electron chi connectivity index (χ1n) is 14.1. The topological polar surface area (TPSA) is 76.7 Å². The van der Waals surface area contributed by atoms with Gasteiger partial charge in [-0.05, 0) is 87.0 Å². The van der Waals surface area contributed by atoms with E-state index in [0.29, 0.717) is 25.2 Å². The maximum atomic E-state index is 14.9. The van der Waals surface area contributed by atoms with Crippen molar-refractivity contribution < 1.29 is 47.3 Å². The van der Waals surface area contributed by atoms with Crippen molar-refractivity contribution in [2.45, 2.75) is 68.9 Å². The van der Waals surface area contributed by atoms with Gasteiger partial charge >= 0.3 is 10.2 Å². The van der Waals surface area contributed by atoms with E-state index in [0.717, 1.165) is 37.8 Å².